The van der Waals surface area contributed by atoms with E-state index in [1.165, 1.54) is 0 Å². The second-order valence-electron chi connectivity index (χ2n) is 8.76. The van der Waals surface area contributed by atoms with Crippen LogP contribution in [0.2, 0.25) is 5.02 Å². The van der Waals surface area contributed by atoms with E-state index in [9.17, 15) is 9.59 Å². The number of hydrogen-bond acceptors (Lipinski definition) is 4. The average molecular weight is 492 g/mol. The normalized spacial score (nSPS) is 14.0. The number of carbonyl (C=O) groups excluding carboxylic acids is 2. The van der Waals surface area contributed by atoms with Crippen LogP contribution >= 0.6 is 11.6 Å². The fourth-order valence-electron chi connectivity index (χ4n) is 4.21. The van der Waals surface area contributed by atoms with Crippen molar-refractivity contribution in [1.82, 2.24) is 9.80 Å². The number of rotatable bonds is 7. The second kappa shape index (κ2) is 11.4. The Labute approximate surface area is 211 Å². The molecule has 0 aliphatic carbocycles. The van der Waals surface area contributed by atoms with E-state index >= 15 is 0 Å². The standard InChI is InChI=1S/C28H30ClN3O3/c1-20-8-7-9-21(2)27(20)30-26(33)18-31-14-16-32(17-15-31)28(34)23-11-4-6-13-25(23)35-19-22-10-3-5-12-24(22)29/h3-13H,14-19H2,1-2H3,(H,30,33). The van der Waals surface area contributed by atoms with Crippen LogP contribution in [0.4, 0.5) is 5.69 Å². The average Bonchev–Trinajstić information content (AvgIpc) is 2.86. The SMILES string of the molecule is Cc1cccc(C)c1NC(=O)CN1CCN(C(=O)c2ccccc2OCc2ccccc2Cl)CC1. The number of anilines is 1. The summed E-state index contributed by atoms with van der Waals surface area (Å²) in [5, 5.41) is 3.67. The molecule has 35 heavy (non-hydrogen) atoms. The predicted octanol–water partition coefficient (Wildman–Crippen LogP) is 4.93. The lowest BCUT2D eigenvalue weighted by Crippen LogP contribution is -2.50. The van der Waals surface area contributed by atoms with Crippen molar-refractivity contribution < 1.29 is 14.3 Å². The zero-order valence-corrected chi connectivity index (χ0v) is 20.8. The number of piperazine rings is 1. The molecule has 0 saturated carbocycles. The summed E-state index contributed by atoms with van der Waals surface area (Å²) in [5.74, 6) is 0.424. The van der Waals surface area contributed by atoms with Crippen LogP contribution in [-0.4, -0.2) is 54.3 Å². The highest BCUT2D eigenvalue weighted by molar-refractivity contribution is 6.31. The highest BCUT2D eigenvalue weighted by Gasteiger charge is 2.25. The van der Waals surface area contributed by atoms with Crippen molar-refractivity contribution >= 4 is 29.1 Å². The molecule has 0 spiro atoms. The third kappa shape index (κ3) is 6.21. The van der Waals surface area contributed by atoms with Gasteiger partial charge in [-0.25, -0.2) is 0 Å². The second-order valence-corrected chi connectivity index (χ2v) is 9.17. The van der Waals surface area contributed by atoms with Gasteiger partial charge in [0, 0.05) is 42.5 Å². The van der Waals surface area contributed by atoms with E-state index in [1.807, 2.05) is 73.3 Å². The molecule has 1 aliphatic heterocycles. The summed E-state index contributed by atoms with van der Waals surface area (Å²) in [6.45, 7) is 6.93. The van der Waals surface area contributed by atoms with Crippen molar-refractivity contribution in [1.29, 1.82) is 0 Å². The Bertz CT molecular complexity index is 1190. The highest BCUT2D eigenvalue weighted by atomic mass is 35.5. The quantitative estimate of drug-likeness (QED) is 0.509. The lowest BCUT2D eigenvalue weighted by atomic mass is 10.1. The summed E-state index contributed by atoms with van der Waals surface area (Å²) in [4.78, 5) is 29.8. The molecule has 0 bridgehead atoms. The summed E-state index contributed by atoms with van der Waals surface area (Å²) < 4.78 is 5.97. The molecular weight excluding hydrogens is 462 g/mol. The summed E-state index contributed by atoms with van der Waals surface area (Å²) in [7, 11) is 0. The number of amides is 2. The molecular formula is C28H30ClN3O3. The van der Waals surface area contributed by atoms with Gasteiger partial charge in [0.25, 0.3) is 5.91 Å². The molecule has 1 fully saturated rings. The molecule has 4 rings (SSSR count). The van der Waals surface area contributed by atoms with Gasteiger partial charge in [0.2, 0.25) is 5.91 Å². The van der Waals surface area contributed by atoms with Gasteiger partial charge >= 0.3 is 0 Å². The summed E-state index contributed by atoms with van der Waals surface area (Å²) >= 11 is 6.24. The van der Waals surface area contributed by atoms with Gasteiger partial charge in [0.15, 0.2) is 0 Å². The maximum Gasteiger partial charge on any atom is 0.257 e. The molecule has 2 amide bonds. The van der Waals surface area contributed by atoms with Crippen molar-refractivity contribution in [2.75, 3.05) is 38.0 Å². The fourth-order valence-corrected chi connectivity index (χ4v) is 4.40. The Morgan fingerprint density at radius 1 is 0.886 bits per heavy atom. The molecule has 3 aromatic carbocycles. The molecule has 0 unspecified atom stereocenters. The van der Waals surface area contributed by atoms with Gasteiger partial charge in [0.05, 0.1) is 12.1 Å². The van der Waals surface area contributed by atoms with E-state index in [0.717, 1.165) is 22.4 Å². The van der Waals surface area contributed by atoms with Crippen LogP contribution in [0.15, 0.2) is 66.7 Å². The number of aryl methyl sites for hydroxylation is 2. The molecule has 1 N–H and O–H groups in total. The molecule has 3 aromatic rings. The first-order valence-corrected chi connectivity index (χ1v) is 12.1. The molecule has 7 heteroatoms. The smallest absolute Gasteiger partial charge is 0.257 e. The van der Waals surface area contributed by atoms with E-state index in [0.29, 0.717) is 49.1 Å². The number of nitrogens with zero attached hydrogens (tertiary/aromatic N) is 2. The van der Waals surface area contributed by atoms with Gasteiger partial charge in [-0.05, 0) is 43.2 Å². The van der Waals surface area contributed by atoms with Crippen LogP contribution in [0, 0.1) is 13.8 Å². The Balaban J connectivity index is 1.32. The largest absolute Gasteiger partial charge is 0.488 e. The number of para-hydroxylation sites is 2. The fraction of sp³-hybridized carbons (Fsp3) is 0.286. The first-order valence-electron chi connectivity index (χ1n) is 11.8. The number of carbonyl (C=O) groups is 2. The Morgan fingerprint density at radius 3 is 2.26 bits per heavy atom. The van der Waals surface area contributed by atoms with Gasteiger partial charge in [-0.1, -0.05) is 60.1 Å². The molecule has 182 valence electrons. The molecule has 1 aliphatic rings. The predicted molar refractivity (Wildman–Crippen MR) is 139 cm³/mol. The number of nitrogens with one attached hydrogen (secondary N) is 1. The van der Waals surface area contributed by atoms with Crippen LogP contribution in [0.5, 0.6) is 5.75 Å². The molecule has 6 nitrogen and oxygen atoms in total. The van der Waals surface area contributed by atoms with Crippen LogP contribution in [0.25, 0.3) is 0 Å². The lowest BCUT2D eigenvalue weighted by Gasteiger charge is -2.34. The van der Waals surface area contributed by atoms with Crippen molar-refractivity contribution in [3.05, 3.63) is 94.0 Å². The number of ether oxygens (including phenoxy) is 1. The summed E-state index contributed by atoms with van der Waals surface area (Å²) in [6, 6.07) is 20.7. The monoisotopic (exact) mass is 491 g/mol. The molecule has 1 saturated heterocycles. The summed E-state index contributed by atoms with van der Waals surface area (Å²) in [5.41, 5.74) is 4.36. The van der Waals surface area contributed by atoms with Gasteiger partial charge in [-0.3, -0.25) is 14.5 Å². The van der Waals surface area contributed by atoms with Gasteiger partial charge < -0.3 is 15.0 Å². The first-order chi connectivity index (χ1) is 16.9. The van der Waals surface area contributed by atoms with Crippen LogP contribution < -0.4 is 10.1 Å². The molecule has 1 heterocycles. The van der Waals surface area contributed by atoms with Crippen LogP contribution in [0.1, 0.15) is 27.0 Å². The Kier molecular flexibility index (Phi) is 8.06. The van der Waals surface area contributed by atoms with Gasteiger partial charge in [-0.2, -0.15) is 0 Å². The van der Waals surface area contributed by atoms with E-state index in [4.69, 9.17) is 16.3 Å². The number of hydrogen-bond donors (Lipinski definition) is 1. The van der Waals surface area contributed by atoms with Crippen molar-refractivity contribution in [2.24, 2.45) is 0 Å². The number of halogens is 1. The van der Waals surface area contributed by atoms with E-state index < -0.39 is 0 Å². The van der Waals surface area contributed by atoms with Crippen LogP contribution in [0.3, 0.4) is 0 Å². The van der Waals surface area contributed by atoms with E-state index in [1.54, 1.807) is 12.1 Å². The van der Waals surface area contributed by atoms with E-state index in [2.05, 4.69) is 10.2 Å². The minimum absolute atomic E-state index is 0.0412. The minimum Gasteiger partial charge on any atom is -0.488 e. The zero-order valence-electron chi connectivity index (χ0n) is 20.1. The Hall–Kier alpha value is -3.35. The maximum absolute atomic E-state index is 13.3. The Morgan fingerprint density at radius 2 is 1.54 bits per heavy atom. The van der Waals surface area contributed by atoms with Crippen molar-refractivity contribution in [3.8, 4) is 5.75 Å². The molecule has 0 aromatic heterocycles. The van der Waals surface area contributed by atoms with Gasteiger partial charge in [-0.15, -0.1) is 0 Å². The third-order valence-corrected chi connectivity index (χ3v) is 6.60. The lowest BCUT2D eigenvalue weighted by molar-refractivity contribution is -0.117. The number of benzene rings is 3. The molecule has 0 radical (unpaired) electrons. The zero-order chi connectivity index (χ0) is 24.8. The first kappa shape index (κ1) is 24.8. The van der Waals surface area contributed by atoms with Crippen molar-refractivity contribution in [2.45, 2.75) is 20.5 Å². The summed E-state index contributed by atoms with van der Waals surface area (Å²) in [6.07, 6.45) is 0. The minimum atomic E-state index is -0.0700. The topological polar surface area (TPSA) is 61.9 Å². The van der Waals surface area contributed by atoms with Crippen molar-refractivity contribution in [3.63, 3.8) is 0 Å². The van der Waals surface area contributed by atoms with E-state index in [-0.39, 0.29) is 18.4 Å². The van der Waals surface area contributed by atoms with Gasteiger partial charge in [0.1, 0.15) is 12.4 Å². The highest BCUT2D eigenvalue weighted by Crippen LogP contribution is 2.24. The third-order valence-electron chi connectivity index (χ3n) is 6.23. The molecule has 0 atom stereocenters. The van der Waals surface area contributed by atoms with Crippen LogP contribution in [-0.2, 0) is 11.4 Å². The maximum atomic E-state index is 13.3.